The second-order valence-electron chi connectivity index (χ2n) is 5.44. The minimum absolute atomic E-state index is 0.108. The van der Waals surface area contributed by atoms with Gasteiger partial charge in [-0.1, -0.05) is 6.07 Å². The van der Waals surface area contributed by atoms with E-state index in [0.717, 1.165) is 12.1 Å². The molecule has 2 amide bonds. The Labute approximate surface area is 131 Å². The highest BCUT2D eigenvalue weighted by atomic mass is 19.1. The van der Waals surface area contributed by atoms with Gasteiger partial charge >= 0.3 is 0 Å². The Balaban J connectivity index is 2.05. The molecular formula is C16H16F2N2O3. The van der Waals surface area contributed by atoms with E-state index in [-0.39, 0.29) is 6.54 Å². The number of amides is 2. The summed E-state index contributed by atoms with van der Waals surface area (Å²) in [6.07, 6.45) is 1.46. The molecule has 0 bridgehead atoms. The average molecular weight is 322 g/mol. The van der Waals surface area contributed by atoms with Gasteiger partial charge in [-0.05, 0) is 38.1 Å². The van der Waals surface area contributed by atoms with E-state index in [1.165, 1.54) is 26.2 Å². The molecule has 5 nitrogen and oxygen atoms in total. The molecule has 0 aliphatic heterocycles. The Morgan fingerprint density at radius 3 is 2.30 bits per heavy atom. The van der Waals surface area contributed by atoms with Crippen molar-refractivity contribution in [1.82, 2.24) is 5.32 Å². The van der Waals surface area contributed by atoms with E-state index in [2.05, 4.69) is 10.6 Å². The van der Waals surface area contributed by atoms with Crippen LogP contribution in [0.15, 0.2) is 41.0 Å². The van der Waals surface area contributed by atoms with Crippen molar-refractivity contribution in [3.63, 3.8) is 0 Å². The molecule has 23 heavy (non-hydrogen) atoms. The van der Waals surface area contributed by atoms with Gasteiger partial charge < -0.3 is 15.1 Å². The highest BCUT2D eigenvalue weighted by Crippen LogP contribution is 2.23. The Morgan fingerprint density at radius 2 is 1.74 bits per heavy atom. The smallest absolute Gasteiger partial charge is 0.239 e. The van der Waals surface area contributed by atoms with Crippen molar-refractivity contribution in [2.45, 2.75) is 20.4 Å². The van der Waals surface area contributed by atoms with Crippen molar-refractivity contribution < 1.29 is 22.8 Å². The van der Waals surface area contributed by atoms with Crippen LogP contribution in [0.5, 0.6) is 0 Å². The van der Waals surface area contributed by atoms with Crippen molar-refractivity contribution in [2.75, 3.05) is 5.32 Å². The molecule has 0 fully saturated rings. The standard InChI is InChI=1S/C16H16F2N2O3/c1-16(2,14(21)19-9-10-5-4-8-23-10)15(22)20-13-11(17)6-3-7-12(13)18/h3-8H,9H2,1-2H3,(H,19,21)(H,20,22). The lowest BCUT2D eigenvalue weighted by Gasteiger charge is -2.22. The molecule has 2 rings (SSSR count). The lowest BCUT2D eigenvalue weighted by molar-refractivity contribution is -0.138. The first-order valence-corrected chi connectivity index (χ1v) is 6.88. The van der Waals surface area contributed by atoms with E-state index in [0.29, 0.717) is 5.76 Å². The first kappa shape index (κ1) is 16.7. The number of nitrogens with one attached hydrogen (secondary N) is 2. The van der Waals surface area contributed by atoms with Crippen LogP contribution in [0.1, 0.15) is 19.6 Å². The zero-order valence-corrected chi connectivity index (χ0v) is 12.7. The number of carbonyl (C=O) groups excluding carboxylic acids is 2. The number of benzene rings is 1. The molecule has 0 saturated carbocycles. The van der Waals surface area contributed by atoms with Crippen LogP contribution < -0.4 is 10.6 Å². The maximum atomic E-state index is 13.6. The number of para-hydroxylation sites is 1. The van der Waals surface area contributed by atoms with E-state index in [1.54, 1.807) is 12.1 Å². The third kappa shape index (κ3) is 3.74. The van der Waals surface area contributed by atoms with Crippen molar-refractivity contribution >= 4 is 17.5 Å². The van der Waals surface area contributed by atoms with Gasteiger partial charge in [-0.2, -0.15) is 0 Å². The lowest BCUT2D eigenvalue weighted by Crippen LogP contribution is -2.45. The SMILES string of the molecule is CC(C)(C(=O)NCc1ccco1)C(=O)Nc1c(F)cccc1F. The Morgan fingerprint density at radius 1 is 1.09 bits per heavy atom. The third-order valence-electron chi connectivity index (χ3n) is 3.34. The molecule has 7 heteroatoms. The first-order chi connectivity index (χ1) is 10.8. The first-order valence-electron chi connectivity index (χ1n) is 6.88. The van der Waals surface area contributed by atoms with Gasteiger partial charge in [-0.3, -0.25) is 9.59 Å². The molecule has 0 aliphatic carbocycles. The summed E-state index contributed by atoms with van der Waals surface area (Å²) in [5.74, 6) is -2.72. The van der Waals surface area contributed by atoms with Gasteiger partial charge in [-0.25, -0.2) is 8.78 Å². The normalized spacial score (nSPS) is 11.1. The van der Waals surface area contributed by atoms with E-state index in [4.69, 9.17) is 4.42 Å². The van der Waals surface area contributed by atoms with Crippen LogP contribution in [-0.2, 0) is 16.1 Å². The molecule has 1 heterocycles. The summed E-state index contributed by atoms with van der Waals surface area (Å²) in [4.78, 5) is 24.4. The number of anilines is 1. The van der Waals surface area contributed by atoms with E-state index in [1.807, 2.05) is 0 Å². The second-order valence-corrected chi connectivity index (χ2v) is 5.44. The Hall–Kier alpha value is -2.70. The summed E-state index contributed by atoms with van der Waals surface area (Å²) in [6.45, 7) is 2.83. The van der Waals surface area contributed by atoms with Crippen LogP contribution in [0.3, 0.4) is 0 Å². The van der Waals surface area contributed by atoms with E-state index >= 15 is 0 Å². The van der Waals surface area contributed by atoms with Crippen LogP contribution in [0.25, 0.3) is 0 Å². The van der Waals surface area contributed by atoms with Gasteiger partial charge in [0.25, 0.3) is 0 Å². The maximum Gasteiger partial charge on any atom is 0.239 e. The molecule has 0 spiro atoms. The summed E-state index contributed by atoms with van der Waals surface area (Å²) in [7, 11) is 0. The molecule has 0 atom stereocenters. The fourth-order valence-electron chi connectivity index (χ4n) is 1.79. The number of hydrogen-bond donors (Lipinski definition) is 2. The van der Waals surface area contributed by atoms with Gasteiger partial charge in [0, 0.05) is 0 Å². The lowest BCUT2D eigenvalue weighted by atomic mass is 9.91. The molecule has 0 unspecified atom stereocenters. The van der Waals surface area contributed by atoms with E-state index < -0.39 is 34.6 Å². The molecule has 1 aromatic heterocycles. The summed E-state index contributed by atoms with van der Waals surface area (Å²) in [5, 5.41) is 4.66. The average Bonchev–Trinajstić information content (AvgIpc) is 3.01. The van der Waals surface area contributed by atoms with Gasteiger partial charge in [0.05, 0.1) is 12.8 Å². The van der Waals surface area contributed by atoms with Crippen LogP contribution in [0.2, 0.25) is 0 Å². The van der Waals surface area contributed by atoms with Crippen molar-refractivity contribution in [1.29, 1.82) is 0 Å². The predicted octanol–water partition coefficient (Wildman–Crippen LogP) is 2.84. The number of halogens is 2. The predicted molar refractivity (Wildman–Crippen MR) is 79.3 cm³/mol. The number of hydrogen-bond acceptors (Lipinski definition) is 3. The molecule has 122 valence electrons. The maximum absolute atomic E-state index is 13.6. The zero-order chi connectivity index (χ0) is 17.0. The van der Waals surface area contributed by atoms with Crippen LogP contribution in [-0.4, -0.2) is 11.8 Å². The summed E-state index contributed by atoms with van der Waals surface area (Å²) in [6, 6.07) is 6.55. The number of furan rings is 1. The second kappa shape index (κ2) is 6.60. The fourth-order valence-corrected chi connectivity index (χ4v) is 1.79. The Bertz CT molecular complexity index is 692. The molecule has 0 radical (unpaired) electrons. The van der Waals surface area contributed by atoms with E-state index in [9.17, 15) is 18.4 Å². The zero-order valence-electron chi connectivity index (χ0n) is 12.7. The third-order valence-corrected chi connectivity index (χ3v) is 3.34. The molecule has 2 N–H and O–H groups in total. The number of carbonyl (C=O) groups is 2. The topological polar surface area (TPSA) is 71.3 Å². The number of rotatable bonds is 5. The molecule has 0 saturated heterocycles. The Kier molecular flexibility index (Phi) is 4.78. The van der Waals surface area contributed by atoms with Crippen molar-refractivity contribution in [2.24, 2.45) is 5.41 Å². The highest BCUT2D eigenvalue weighted by Gasteiger charge is 2.36. The van der Waals surface area contributed by atoms with Gasteiger partial charge in [0.2, 0.25) is 11.8 Å². The molecular weight excluding hydrogens is 306 g/mol. The van der Waals surface area contributed by atoms with Crippen LogP contribution in [0.4, 0.5) is 14.5 Å². The monoisotopic (exact) mass is 322 g/mol. The largest absolute Gasteiger partial charge is 0.467 e. The van der Waals surface area contributed by atoms with Crippen molar-refractivity contribution in [3.8, 4) is 0 Å². The minimum Gasteiger partial charge on any atom is -0.467 e. The summed E-state index contributed by atoms with van der Waals surface area (Å²) < 4.78 is 32.2. The quantitative estimate of drug-likeness (QED) is 0.832. The molecule has 1 aromatic carbocycles. The molecule has 0 aliphatic rings. The van der Waals surface area contributed by atoms with Crippen LogP contribution >= 0.6 is 0 Å². The van der Waals surface area contributed by atoms with Crippen molar-refractivity contribution in [3.05, 3.63) is 54.0 Å². The minimum atomic E-state index is -1.53. The van der Waals surface area contributed by atoms with Gasteiger partial charge in [0.1, 0.15) is 28.5 Å². The summed E-state index contributed by atoms with van der Waals surface area (Å²) in [5.41, 5.74) is -2.11. The van der Waals surface area contributed by atoms with Crippen LogP contribution in [0, 0.1) is 17.0 Å². The summed E-state index contributed by atoms with van der Waals surface area (Å²) >= 11 is 0. The molecule has 2 aromatic rings. The fraction of sp³-hybridized carbons (Fsp3) is 0.250. The highest BCUT2D eigenvalue weighted by molar-refractivity contribution is 6.09. The van der Waals surface area contributed by atoms with Gasteiger partial charge in [0.15, 0.2) is 0 Å². The van der Waals surface area contributed by atoms with Gasteiger partial charge in [-0.15, -0.1) is 0 Å².